The molecule has 0 unspecified atom stereocenters. The summed E-state index contributed by atoms with van der Waals surface area (Å²) in [5, 5.41) is 0. The predicted molar refractivity (Wildman–Crippen MR) is 71.1 cm³/mol. The van der Waals surface area contributed by atoms with Crippen LogP contribution in [-0.2, 0) is 6.54 Å². The summed E-state index contributed by atoms with van der Waals surface area (Å²) in [5.41, 5.74) is 3.40. The Hall–Kier alpha value is -1.00. The Morgan fingerprint density at radius 1 is 1.24 bits per heavy atom. The first kappa shape index (κ1) is 11.1. The van der Waals surface area contributed by atoms with Crippen LogP contribution in [0.15, 0.2) is 18.2 Å². The standard InChI is InChI=1S/C13H17N3S/c1-16(11-4-2-3-5-11)9-10-6-7-12-13(8-10)15-17-14-12/h6-8,11H,2-5,9H2,1H3. The number of benzene rings is 1. The molecular weight excluding hydrogens is 230 g/mol. The zero-order valence-electron chi connectivity index (χ0n) is 10.1. The van der Waals surface area contributed by atoms with E-state index in [1.165, 1.54) is 43.0 Å². The molecule has 3 rings (SSSR count). The number of nitrogens with zero attached hydrogens (tertiary/aromatic N) is 3. The highest BCUT2D eigenvalue weighted by atomic mass is 32.1. The average Bonchev–Trinajstić information content (AvgIpc) is 2.99. The van der Waals surface area contributed by atoms with E-state index in [0.29, 0.717) is 0 Å². The molecule has 0 spiro atoms. The van der Waals surface area contributed by atoms with E-state index in [2.05, 4.69) is 38.9 Å². The molecule has 3 nitrogen and oxygen atoms in total. The third-order valence-electron chi connectivity index (χ3n) is 3.70. The summed E-state index contributed by atoms with van der Waals surface area (Å²) in [6.45, 7) is 1.03. The van der Waals surface area contributed by atoms with Gasteiger partial charge in [0.1, 0.15) is 11.0 Å². The second-order valence-electron chi connectivity index (χ2n) is 4.94. The van der Waals surface area contributed by atoms with Crippen LogP contribution in [0.25, 0.3) is 11.0 Å². The van der Waals surface area contributed by atoms with Crippen LogP contribution in [0.4, 0.5) is 0 Å². The quantitative estimate of drug-likeness (QED) is 0.834. The summed E-state index contributed by atoms with van der Waals surface area (Å²) >= 11 is 1.29. The van der Waals surface area contributed by atoms with E-state index < -0.39 is 0 Å². The molecule has 2 aromatic rings. The Kier molecular flexibility index (Phi) is 3.07. The van der Waals surface area contributed by atoms with Crippen LogP contribution in [0, 0.1) is 0 Å². The summed E-state index contributed by atoms with van der Waals surface area (Å²) < 4.78 is 8.53. The third-order valence-corrected chi connectivity index (χ3v) is 4.25. The first-order chi connectivity index (χ1) is 8.33. The molecule has 0 radical (unpaired) electrons. The van der Waals surface area contributed by atoms with Crippen molar-refractivity contribution in [3.8, 4) is 0 Å². The molecule has 0 aliphatic heterocycles. The highest BCUT2D eigenvalue weighted by molar-refractivity contribution is 7.00. The van der Waals surface area contributed by atoms with Gasteiger partial charge in [-0.25, -0.2) is 0 Å². The van der Waals surface area contributed by atoms with Crippen LogP contribution in [-0.4, -0.2) is 26.7 Å². The van der Waals surface area contributed by atoms with Gasteiger partial charge in [-0.2, -0.15) is 8.75 Å². The van der Waals surface area contributed by atoms with Gasteiger partial charge in [0.2, 0.25) is 0 Å². The van der Waals surface area contributed by atoms with Crippen molar-refractivity contribution in [3.05, 3.63) is 23.8 Å². The van der Waals surface area contributed by atoms with E-state index >= 15 is 0 Å². The van der Waals surface area contributed by atoms with E-state index in [0.717, 1.165) is 23.6 Å². The molecule has 1 fully saturated rings. The van der Waals surface area contributed by atoms with Gasteiger partial charge in [0.05, 0.1) is 11.7 Å². The lowest BCUT2D eigenvalue weighted by Crippen LogP contribution is -2.28. The maximum Gasteiger partial charge on any atom is 0.105 e. The fraction of sp³-hybridized carbons (Fsp3) is 0.538. The molecule has 17 heavy (non-hydrogen) atoms. The van der Waals surface area contributed by atoms with E-state index in [1.54, 1.807) is 0 Å². The maximum atomic E-state index is 4.30. The molecule has 4 heteroatoms. The minimum Gasteiger partial charge on any atom is -0.299 e. The molecule has 1 aliphatic carbocycles. The van der Waals surface area contributed by atoms with Crippen LogP contribution >= 0.6 is 11.7 Å². The van der Waals surface area contributed by atoms with Crippen LogP contribution < -0.4 is 0 Å². The number of fused-ring (bicyclic) bond motifs is 1. The predicted octanol–water partition coefficient (Wildman–Crippen LogP) is 3.07. The van der Waals surface area contributed by atoms with Gasteiger partial charge in [0.25, 0.3) is 0 Å². The van der Waals surface area contributed by atoms with E-state index in [4.69, 9.17) is 0 Å². The van der Waals surface area contributed by atoms with Crippen molar-refractivity contribution in [3.63, 3.8) is 0 Å². The fourth-order valence-electron chi connectivity index (χ4n) is 2.69. The summed E-state index contributed by atoms with van der Waals surface area (Å²) in [5.74, 6) is 0. The van der Waals surface area contributed by atoms with Gasteiger partial charge in [0.15, 0.2) is 0 Å². The molecule has 1 aliphatic rings. The van der Waals surface area contributed by atoms with Crippen molar-refractivity contribution in [1.82, 2.24) is 13.6 Å². The molecule has 1 aromatic heterocycles. The molecule has 0 N–H and O–H groups in total. The number of hydrogen-bond donors (Lipinski definition) is 0. The Morgan fingerprint density at radius 2 is 2.00 bits per heavy atom. The van der Waals surface area contributed by atoms with Gasteiger partial charge in [0, 0.05) is 12.6 Å². The Morgan fingerprint density at radius 3 is 2.82 bits per heavy atom. The van der Waals surface area contributed by atoms with Crippen molar-refractivity contribution < 1.29 is 0 Å². The zero-order valence-corrected chi connectivity index (χ0v) is 10.9. The van der Waals surface area contributed by atoms with Gasteiger partial charge in [-0.3, -0.25) is 4.90 Å². The van der Waals surface area contributed by atoms with Crippen molar-refractivity contribution >= 4 is 22.8 Å². The number of hydrogen-bond acceptors (Lipinski definition) is 4. The summed E-state index contributed by atoms with van der Waals surface area (Å²) in [4.78, 5) is 2.48. The SMILES string of the molecule is CN(Cc1ccc2nsnc2c1)C1CCCC1. The van der Waals surface area contributed by atoms with Crippen LogP contribution in [0.2, 0.25) is 0 Å². The zero-order chi connectivity index (χ0) is 11.7. The van der Waals surface area contributed by atoms with Gasteiger partial charge >= 0.3 is 0 Å². The third kappa shape index (κ3) is 2.33. The van der Waals surface area contributed by atoms with Crippen molar-refractivity contribution in [2.45, 2.75) is 38.3 Å². The molecular formula is C13H17N3S. The van der Waals surface area contributed by atoms with E-state index in [-0.39, 0.29) is 0 Å². The monoisotopic (exact) mass is 247 g/mol. The molecule has 1 aromatic carbocycles. The minimum absolute atomic E-state index is 0.777. The van der Waals surface area contributed by atoms with Gasteiger partial charge in [-0.1, -0.05) is 18.9 Å². The molecule has 1 saturated carbocycles. The van der Waals surface area contributed by atoms with Gasteiger partial charge in [-0.15, -0.1) is 0 Å². The van der Waals surface area contributed by atoms with Crippen molar-refractivity contribution in [1.29, 1.82) is 0 Å². The normalized spacial score (nSPS) is 17.3. The fourth-order valence-corrected chi connectivity index (χ4v) is 3.21. The lowest BCUT2D eigenvalue weighted by atomic mass is 10.1. The van der Waals surface area contributed by atoms with Crippen molar-refractivity contribution in [2.24, 2.45) is 0 Å². The topological polar surface area (TPSA) is 29.0 Å². The highest BCUT2D eigenvalue weighted by Crippen LogP contribution is 2.24. The van der Waals surface area contributed by atoms with Crippen LogP contribution in [0.3, 0.4) is 0 Å². The number of rotatable bonds is 3. The molecule has 0 atom stereocenters. The first-order valence-electron chi connectivity index (χ1n) is 6.24. The Balaban J connectivity index is 1.74. The summed E-state index contributed by atoms with van der Waals surface area (Å²) in [7, 11) is 2.24. The first-order valence-corrected chi connectivity index (χ1v) is 6.97. The number of aromatic nitrogens is 2. The lowest BCUT2D eigenvalue weighted by molar-refractivity contribution is 0.237. The van der Waals surface area contributed by atoms with Crippen molar-refractivity contribution in [2.75, 3.05) is 7.05 Å². The molecule has 0 amide bonds. The second-order valence-corrected chi connectivity index (χ2v) is 5.47. The van der Waals surface area contributed by atoms with Gasteiger partial charge < -0.3 is 0 Å². The van der Waals surface area contributed by atoms with E-state index in [9.17, 15) is 0 Å². The highest BCUT2D eigenvalue weighted by Gasteiger charge is 2.19. The summed E-state index contributed by atoms with van der Waals surface area (Å²) in [6, 6.07) is 7.20. The maximum absolute atomic E-state index is 4.30. The summed E-state index contributed by atoms with van der Waals surface area (Å²) in [6.07, 6.45) is 5.50. The van der Waals surface area contributed by atoms with E-state index in [1.807, 2.05) is 0 Å². The average molecular weight is 247 g/mol. The smallest absolute Gasteiger partial charge is 0.105 e. The molecule has 1 heterocycles. The lowest BCUT2D eigenvalue weighted by Gasteiger charge is -2.23. The molecule has 90 valence electrons. The Bertz CT molecular complexity index is 502. The minimum atomic E-state index is 0.777. The second kappa shape index (κ2) is 4.70. The molecule has 0 saturated heterocycles. The van der Waals surface area contributed by atoms with Crippen LogP contribution in [0.5, 0.6) is 0 Å². The largest absolute Gasteiger partial charge is 0.299 e. The Labute approximate surface area is 106 Å². The molecule has 0 bridgehead atoms. The van der Waals surface area contributed by atoms with Gasteiger partial charge in [-0.05, 0) is 37.6 Å². The van der Waals surface area contributed by atoms with Crippen LogP contribution in [0.1, 0.15) is 31.2 Å².